The van der Waals surface area contributed by atoms with Gasteiger partial charge in [-0.25, -0.2) is 9.67 Å². The fourth-order valence-electron chi connectivity index (χ4n) is 3.27. The lowest BCUT2D eigenvalue weighted by molar-refractivity contribution is 0.884. The second kappa shape index (κ2) is 8.15. The Hall–Kier alpha value is -3.66. The van der Waals surface area contributed by atoms with E-state index < -0.39 is 0 Å². The van der Waals surface area contributed by atoms with Crippen molar-refractivity contribution in [3.8, 4) is 28.3 Å². The molecule has 5 rings (SSSR count). The third-order valence-corrected chi connectivity index (χ3v) is 4.70. The molecular weight excluding hydrogens is 356 g/mol. The Morgan fingerprint density at radius 2 is 1.48 bits per heavy atom. The van der Waals surface area contributed by atoms with Crippen LogP contribution in [0.4, 0.5) is 0 Å². The van der Waals surface area contributed by atoms with E-state index >= 15 is 0 Å². The summed E-state index contributed by atoms with van der Waals surface area (Å²) in [7, 11) is 0. The third kappa shape index (κ3) is 3.69. The van der Waals surface area contributed by atoms with Crippen molar-refractivity contribution in [1.29, 1.82) is 0 Å². The van der Waals surface area contributed by atoms with Crippen molar-refractivity contribution in [2.75, 3.05) is 0 Å². The Kier molecular flexibility index (Phi) is 5.25. The lowest BCUT2D eigenvalue weighted by Crippen LogP contribution is -1.94. The fraction of sp³-hybridized carbons (Fsp3) is 0.120. The molecule has 0 atom stereocenters. The fourth-order valence-corrected chi connectivity index (χ4v) is 3.27. The van der Waals surface area contributed by atoms with Gasteiger partial charge in [0.1, 0.15) is 11.5 Å². The van der Waals surface area contributed by atoms with Crippen LogP contribution in [0.25, 0.3) is 39.4 Å². The Morgan fingerprint density at radius 3 is 2.21 bits per heavy atom. The Morgan fingerprint density at radius 1 is 0.793 bits per heavy atom. The maximum atomic E-state index is 4.88. The molecular formula is C25H24N4. The van der Waals surface area contributed by atoms with Crippen molar-refractivity contribution in [1.82, 2.24) is 19.7 Å². The summed E-state index contributed by atoms with van der Waals surface area (Å²) in [5.41, 5.74) is 7.20. The highest BCUT2D eigenvalue weighted by Crippen LogP contribution is 2.31. The minimum absolute atomic E-state index is 0.827. The van der Waals surface area contributed by atoms with E-state index in [2.05, 4.69) is 48.3 Å². The second-order valence-corrected chi connectivity index (χ2v) is 6.64. The molecule has 0 saturated carbocycles. The summed E-state index contributed by atoms with van der Waals surface area (Å²) in [4.78, 5) is 8.21. The summed E-state index contributed by atoms with van der Waals surface area (Å²) in [6.07, 6.45) is 2.05. The second-order valence-electron chi connectivity index (χ2n) is 6.64. The summed E-state index contributed by atoms with van der Waals surface area (Å²) in [5, 5.41) is 4.88. The van der Waals surface area contributed by atoms with E-state index in [1.165, 1.54) is 5.56 Å². The molecule has 0 fully saturated rings. The van der Waals surface area contributed by atoms with Gasteiger partial charge in [0.05, 0.1) is 22.3 Å². The van der Waals surface area contributed by atoms with E-state index in [9.17, 15) is 0 Å². The van der Waals surface area contributed by atoms with Crippen LogP contribution in [-0.2, 0) is 0 Å². The van der Waals surface area contributed by atoms with Gasteiger partial charge in [-0.15, -0.1) is 0 Å². The number of aromatic amines is 1. The number of hydrogen-bond acceptors (Lipinski definition) is 2. The average molecular weight is 380 g/mol. The standard InChI is InChI=1S/C23H18N4.C2H6/c1-16-11-13-18(14-12-16)27-15-19(22(26-27)17-7-3-2-4-8-17)23-24-20-9-5-6-10-21(20)25-23;1-2/h2-15H,1H3,(H,24,25);1-2H3. The van der Waals surface area contributed by atoms with E-state index in [0.29, 0.717) is 0 Å². The van der Waals surface area contributed by atoms with Crippen LogP contribution in [0.5, 0.6) is 0 Å². The number of nitrogens with zero attached hydrogens (tertiary/aromatic N) is 3. The average Bonchev–Trinajstić information content (AvgIpc) is 3.41. The molecule has 0 unspecified atom stereocenters. The molecule has 0 bridgehead atoms. The number of benzene rings is 3. The quantitative estimate of drug-likeness (QED) is 0.393. The van der Waals surface area contributed by atoms with Crippen LogP contribution in [0.2, 0.25) is 0 Å². The molecule has 5 aromatic rings. The van der Waals surface area contributed by atoms with E-state index in [-0.39, 0.29) is 0 Å². The summed E-state index contributed by atoms with van der Waals surface area (Å²) in [6, 6.07) is 26.7. The number of para-hydroxylation sites is 2. The minimum Gasteiger partial charge on any atom is -0.338 e. The molecule has 0 radical (unpaired) electrons. The van der Waals surface area contributed by atoms with Gasteiger partial charge < -0.3 is 4.98 Å². The molecule has 0 aliphatic carbocycles. The van der Waals surface area contributed by atoms with Gasteiger partial charge in [0.25, 0.3) is 0 Å². The molecule has 0 aliphatic rings. The molecule has 4 nitrogen and oxygen atoms in total. The van der Waals surface area contributed by atoms with Crippen molar-refractivity contribution in [2.45, 2.75) is 20.8 Å². The van der Waals surface area contributed by atoms with E-state index in [4.69, 9.17) is 10.1 Å². The maximum absolute atomic E-state index is 4.88. The van der Waals surface area contributed by atoms with Gasteiger partial charge in [0.15, 0.2) is 0 Å². The summed E-state index contributed by atoms with van der Waals surface area (Å²) in [6.45, 7) is 6.09. The van der Waals surface area contributed by atoms with Crippen LogP contribution in [0.1, 0.15) is 19.4 Å². The first kappa shape index (κ1) is 18.7. The largest absolute Gasteiger partial charge is 0.338 e. The smallest absolute Gasteiger partial charge is 0.142 e. The zero-order chi connectivity index (χ0) is 20.2. The molecule has 4 heteroatoms. The Bertz CT molecular complexity index is 1180. The molecule has 0 saturated heterocycles. The lowest BCUT2D eigenvalue weighted by atomic mass is 10.1. The summed E-state index contributed by atoms with van der Waals surface area (Å²) in [5.74, 6) is 0.827. The van der Waals surface area contributed by atoms with Crippen molar-refractivity contribution in [3.63, 3.8) is 0 Å². The lowest BCUT2D eigenvalue weighted by Gasteiger charge is -2.01. The number of fused-ring (bicyclic) bond motifs is 1. The Labute approximate surface area is 170 Å². The SMILES string of the molecule is CC.Cc1ccc(-n2cc(-c3nc4ccccc4[nH]3)c(-c3ccccc3)n2)cc1. The van der Waals surface area contributed by atoms with Crippen LogP contribution >= 0.6 is 0 Å². The predicted octanol–water partition coefficient (Wildman–Crippen LogP) is 6.42. The number of imidazole rings is 1. The monoisotopic (exact) mass is 380 g/mol. The van der Waals surface area contributed by atoms with Crippen LogP contribution in [0.15, 0.2) is 85.1 Å². The number of aryl methyl sites for hydroxylation is 1. The van der Waals surface area contributed by atoms with Gasteiger partial charge in [-0.2, -0.15) is 5.10 Å². The molecule has 0 amide bonds. The van der Waals surface area contributed by atoms with Gasteiger partial charge in [-0.3, -0.25) is 0 Å². The highest BCUT2D eigenvalue weighted by atomic mass is 15.3. The zero-order valence-corrected chi connectivity index (χ0v) is 16.9. The number of H-pyrrole nitrogens is 1. The normalized spacial score (nSPS) is 10.6. The molecule has 29 heavy (non-hydrogen) atoms. The number of aromatic nitrogens is 4. The molecule has 1 N–H and O–H groups in total. The minimum atomic E-state index is 0.827. The molecule has 3 aromatic carbocycles. The van der Waals surface area contributed by atoms with Crippen molar-refractivity contribution >= 4 is 11.0 Å². The topological polar surface area (TPSA) is 46.5 Å². The molecule has 2 heterocycles. The first-order chi connectivity index (χ1) is 14.3. The molecule has 144 valence electrons. The third-order valence-electron chi connectivity index (χ3n) is 4.70. The van der Waals surface area contributed by atoms with Gasteiger partial charge >= 0.3 is 0 Å². The summed E-state index contributed by atoms with van der Waals surface area (Å²) < 4.78 is 1.92. The summed E-state index contributed by atoms with van der Waals surface area (Å²) >= 11 is 0. The first-order valence-corrected chi connectivity index (χ1v) is 9.95. The van der Waals surface area contributed by atoms with Crippen LogP contribution < -0.4 is 0 Å². The van der Waals surface area contributed by atoms with E-state index in [0.717, 1.165) is 39.4 Å². The van der Waals surface area contributed by atoms with Crippen LogP contribution in [-0.4, -0.2) is 19.7 Å². The van der Waals surface area contributed by atoms with Crippen molar-refractivity contribution in [3.05, 3.63) is 90.6 Å². The predicted molar refractivity (Wildman–Crippen MR) is 120 cm³/mol. The number of nitrogens with one attached hydrogen (secondary N) is 1. The zero-order valence-electron chi connectivity index (χ0n) is 16.9. The van der Waals surface area contributed by atoms with Gasteiger partial charge in [0, 0.05) is 11.8 Å². The van der Waals surface area contributed by atoms with E-state index in [1.54, 1.807) is 0 Å². The van der Waals surface area contributed by atoms with Gasteiger partial charge in [0.2, 0.25) is 0 Å². The first-order valence-electron chi connectivity index (χ1n) is 9.95. The highest BCUT2D eigenvalue weighted by molar-refractivity contribution is 5.84. The van der Waals surface area contributed by atoms with Gasteiger partial charge in [-0.05, 0) is 31.2 Å². The van der Waals surface area contributed by atoms with Crippen molar-refractivity contribution in [2.24, 2.45) is 0 Å². The number of hydrogen-bond donors (Lipinski definition) is 1. The van der Waals surface area contributed by atoms with Crippen LogP contribution in [0, 0.1) is 6.92 Å². The Balaban J connectivity index is 0.000000994. The van der Waals surface area contributed by atoms with Crippen molar-refractivity contribution < 1.29 is 0 Å². The van der Waals surface area contributed by atoms with Gasteiger partial charge in [-0.1, -0.05) is 74.0 Å². The van der Waals surface area contributed by atoms with E-state index in [1.807, 2.05) is 67.2 Å². The number of rotatable bonds is 3. The molecule has 0 aliphatic heterocycles. The van der Waals surface area contributed by atoms with Crippen LogP contribution in [0.3, 0.4) is 0 Å². The highest BCUT2D eigenvalue weighted by Gasteiger charge is 2.17. The molecule has 0 spiro atoms. The molecule has 2 aromatic heterocycles. The maximum Gasteiger partial charge on any atom is 0.142 e.